The highest BCUT2D eigenvalue weighted by Gasteiger charge is 2.11. The minimum absolute atomic E-state index is 0.0745. The van der Waals surface area contributed by atoms with Crippen LogP contribution in [0, 0.1) is 0 Å². The Kier molecular flexibility index (Phi) is 3.45. The van der Waals surface area contributed by atoms with E-state index in [2.05, 4.69) is 10.2 Å². The molecule has 5 heteroatoms. The van der Waals surface area contributed by atoms with Crippen LogP contribution in [0.25, 0.3) is 0 Å². The summed E-state index contributed by atoms with van der Waals surface area (Å²) in [6.07, 6.45) is 1.55. The molecule has 0 aromatic carbocycles. The third-order valence-corrected chi connectivity index (χ3v) is 1.71. The van der Waals surface area contributed by atoms with Crippen molar-refractivity contribution in [1.29, 1.82) is 0 Å². The number of aromatic amines is 1. The number of aromatic nitrogens is 2. The standard InChI is InChI=1S/C8H13N3O2/c1-11(5-6-13-2)8(12)7-3-4-9-10-7/h3-4H,5-6H2,1-2H3,(H,9,10). The van der Waals surface area contributed by atoms with Gasteiger partial charge >= 0.3 is 0 Å². The van der Waals surface area contributed by atoms with Crippen molar-refractivity contribution in [2.45, 2.75) is 0 Å². The van der Waals surface area contributed by atoms with Crippen LogP contribution >= 0.6 is 0 Å². The monoisotopic (exact) mass is 183 g/mol. The number of nitrogens with zero attached hydrogens (tertiary/aromatic N) is 2. The summed E-state index contributed by atoms with van der Waals surface area (Å²) < 4.78 is 4.86. The predicted molar refractivity (Wildman–Crippen MR) is 47.4 cm³/mol. The Morgan fingerprint density at radius 2 is 2.54 bits per heavy atom. The molecule has 1 rings (SSSR count). The molecule has 1 aromatic rings. The quantitative estimate of drug-likeness (QED) is 0.721. The van der Waals surface area contributed by atoms with Gasteiger partial charge in [-0.1, -0.05) is 0 Å². The molecule has 0 atom stereocenters. The number of carbonyl (C=O) groups is 1. The highest BCUT2D eigenvalue weighted by molar-refractivity contribution is 5.91. The Morgan fingerprint density at radius 1 is 1.77 bits per heavy atom. The molecule has 0 aliphatic heterocycles. The topological polar surface area (TPSA) is 58.2 Å². The van der Waals surface area contributed by atoms with Crippen LogP contribution in [0.15, 0.2) is 12.3 Å². The summed E-state index contributed by atoms with van der Waals surface area (Å²) in [4.78, 5) is 13.1. The molecular weight excluding hydrogens is 170 g/mol. The first kappa shape index (κ1) is 9.73. The van der Waals surface area contributed by atoms with E-state index in [1.54, 1.807) is 31.3 Å². The predicted octanol–water partition coefficient (Wildman–Crippen LogP) is 0.128. The molecule has 72 valence electrons. The zero-order chi connectivity index (χ0) is 9.68. The van der Waals surface area contributed by atoms with Crippen LogP contribution in [0.1, 0.15) is 10.5 Å². The van der Waals surface area contributed by atoms with Gasteiger partial charge in [0, 0.05) is 26.9 Å². The summed E-state index contributed by atoms with van der Waals surface area (Å²) in [5.41, 5.74) is 0.499. The van der Waals surface area contributed by atoms with Gasteiger partial charge in [0.15, 0.2) is 0 Å². The molecule has 0 radical (unpaired) electrons. The number of amides is 1. The van der Waals surface area contributed by atoms with Crippen molar-refractivity contribution in [3.63, 3.8) is 0 Å². The van der Waals surface area contributed by atoms with Crippen LogP contribution in [0.2, 0.25) is 0 Å². The normalized spacial score (nSPS) is 10.0. The summed E-state index contributed by atoms with van der Waals surface area (Å²) in [7, 11) is 3.33. The van der Waals surface area contributed by atoms with Crippen LogP contribution in [-0.2, 0) is 4.74 Å². The molecule has 0 saturated carbocycles. The number of hydrogen-bond donors (Lipinski definition) is 1. The molecule has 0 bridgehead atoms. The maximum atomic E-state index is 11.5. The van der Waals surface area contributed by atoms with Gasteiger partial charge in [0.2, 0.25) is 0 Å². The molecule has 0 aliphatic carbocycles. The van der Waals surface area contributed by atoms with Crippen LogP contribution in [0.5, 0.6) is 0 Å². The number of ether oxygens (including phenoxy) is 1. The molecule has 0 unspecified atom stereocenters. The average Bonchev–Trinajstić information content (AvgIpc) is 2.65. The minimum atomic E-state index is -0.0745. The highest BCUT2D eigenvalue weighted by atomic mass is 16.5. The second-order valence-electron chi connectivity index (χ2n) is 2.69. The van der Waals surface area contributed by atoms with Crippen LogP contribution in [-0.4, -0.2) is 48.3 Å². The van der Waals surface area contributed by atoms with Gasteiger partial charge in [-0.2, -0.15) is 5.10 Å². The zero-order valence-electron chi connectivity index (χ0n) is 7.78. The van der Waals surface area contributed by atoms with Crippen molar-refractivity contribution in [3.8, 4) is 0 Å². The summed E-state index contributed by atoms with van der Waals surface area (Å²) in [6, 6.07) is 1.64. The maximum Gasteiger partial charge on any atom is 0.271 e. The number of H-pyrrole nitrogens is 1. The fourth-order valence-corrected chi connectivity index (χ4v) is 0.910. The van der Waals surface area contributed by atoms with Crippen molar-refractivity contribution >= 4 is 5.91 Å². The lowest BCUT2D eigenvalue weighted by Gasteiger charge is -2.14. The van der Waals surface area contributed by atoms with E-state index in [4.69, 9.17) is 4.74 Å². The smallest absolute Gasteiger partial charge is 0.271 e. The summed E-state index contributed by atoms with van der Waals surface area (Å²) in [6.45, 7) is 1.12. The van der Waals surface area contributed by atoms with Crippen molar-refractivity contribution < 1.29 is 9.53 Å². The molecule has 0 spiro atoms. The van der Waals surface area contributed by atoms with Crippen molar-refractivity contribution in [2.75, 3.05) is 27.3 Å². The van der Waals surface area contributed by atoms with E-state index in [0.717, 1.165) is 0 Å². The summed E-state index contributed by atoms with van der Waals surface area (Å²) >= 11 is 0. The molecular formula is C8H13N3O2. The summed E-state index contributed by atoms with van der Waals surface area (Å²) in [5.74, 6) is -0.0745. The Hall–Kier alpha value is -1.36. The third-order valence-electron chi connectivity index (χ3n) is 1.71. The molecule has 0 fully saturated rings. The number of nitrogens with one attached hydrogen (secondary N) is 1. The van der Waals surface area contributed by atoms with E-state index >= 15 is 0 Å². The first-order valence-electron chi connectivity index (χ1n) is 3.99. The molecule has 13 heavy (non-hydrogen) atoms. The Bertz CT molecular complexity index is 258. The van der Waals surface area contributed by atoms with E-state index in [0.29, 0.717) is 18.8 Å². The van der Waals surface area contributed by atoms with E-state index in [1.807, 2.05) is 0 Å². The number of rotatable bonds is 4. The van der Waals surface area contributed by atoms with E-state index in [1.165, 1.54) is 0 Å². The maximum absolute atomic E-state index is 11.5. The lowest BCUT2D eigenvalue weighted by Crippen LogP contribution is -2.30. The van der Waals surface area contributed by atoms with Crippen molar-refractivity contribution in [3.05, 3.63) is 18.0 Å². The molecule has 1 amide bonds. The van der Waals surface area contributed by atoms with Crippen molar-refractivity contribution in [1.82, 2.24) is 15.1 Å². The molecule has 1 N–H and O–H groups in total. The average molecular weight is 183 g/mol. The zero-order valence-corrected chi connectivity index (χ0v) is 7.78. The first-order valence-corrected chi connectivity index (χ1v) is 3.99. The molecule has 0 aliphatic rings. The number of hydrogen-bond acceptors (Lipinski definition) is 3. The van der Waals surface area contributed by atoms with Gasteiger partial charge in [0.05, 0.1) is 6.61 Å². The fourth-order valence-electron chi connectivity index (χ4n) is 0.910. The van der Waals surface area contributed by atoms with Gasteiger partial charge in [-0.25, -0.2) is 0 Å². The van der Waals surface area contributed by atoms with Gasteiger partial charge in [0.1, 0.15) is 5.69 Å². The minimum Gasteiger partial charge on any atom is -0.383 e. The van der Waals surface area contributed by atoms with Gasteiger partial charge in [-0.3, -0.25) is 9.89 Å². The molecule has 1 heterocycles. The Balaban J connectivity index is 2.48. The van der Waals surface area contributed by atoms with Gasteiger partial charge in [-0.15, -0.1) is 0 Å². The largest absolute Gasteiger partial charge is 0.383 e. The molecule has 5 nitrogen and oxygen atoms in total. The summed E-state index contributed by atoms with van der Waals surface area (Å²) in [5, 5.41) is 6.31. The number of methoxy groups -OCH3 is 1. The Morgan fingerprint density at radius 3 is 3.08 bits per heavy atom. The second kappa shape index (κ2) is 4.61. The van der Waals surface area contributed by atoms with Crippen LogP contribution < -0.4 is 0 Å². The Labute approximate surface area is 76.7 Å². The van der Waals surface area contributed by atoms with E-state index < -0.39 is 0 Å². The van der Waals surface area contributed by atoms with Gasteiger partial charge in [-0.05, 0) is 6.07 Å². The van der Waals surface area contributed by atoms with E-state index in [-0.39, 0.29) is 5.91 Å². The van der Waals surface area contributed by atoms with Crippen LogP contribution in [0.4, 0.5) is 0 Å². The van der Waals surface area contributed by atoms with Gasteiger partial charge < -0.3 is 9.64 Å². The lowest BCUT2D eigenvalue weighted by atomic mass is 10.4. The molecule has 1 aromatic heterocycles. The fraction of sp³-hybridized carbons (Fsp3) is 0.500. The van der Waals surface area contributed by atoms with Crippen molar-refractivity contribution in [2.24, 2.45) is 0 Å². The third kappa shape index (κ3) is 2.55. The number of carbonyl (C=O) groups excluding carboxylic acids is 1. The highest BCUT2D eigenvalue weighted by Crippen LogP contribution is 1.97. The first-order chi connectivity index (χ1) is 6.25. The van der Waals surface area contributed by atoms with Crippen LogP contribution in [0.3, 0.4) is 0 Å². The lowest BCUT2D eigenvalue weighted by molar-refractivity contribution is 0.0738. The SMILES string of the molecule is COCCN(C)C(=O)c1ccn[nH]1. The van der Waals surface area contributed by atoms with Gasteiger partial charge in [0.25, 0.3) is 5.91 Å². The number of likely N-dealkylation sites (N-methyl/N-ethyl adjacent to an activating group) is 1. The van der Waals surface area contributed by atoms with E-state index in [9.17, 15) is 4.79 Å². The second-order valence-corrected chi connectivity index (χ2v) is 2.69. The molecule has 0 saturated heterocycles.